The number of rotatable bonds is 1. The molecule has 1 saturated carbocycles. The molecular weight excluding hydrogens is 156 g/mol. The third-order valence-electron chi connectivity index (χ3n) is 2.41. The van der Waals surface area contributed by atoms with Gasteiger partial charge in [-0.25, -0.2) is 0 Å². The first-order valence-corrected chi connectivity index (χ1v) is 4.41. The number of benzene rings is 1. The van der Waals surface area contributed by atoms with Gasteiger partial charge in [0.15, 0.2) is 0 Å². The Labute approximate surface area is 72.2 Å². The molecule has 11 heavy (non-hydrogen) atoms. The smallest absolute Gasteiger partial charge is 0.0440 e. The Kier molecular flexibility index (Phi) is 1.65. The molecule has 0 heterocycles. The maximum absolute atomic E-state index is 6.02. The van der Waals surface area contributed by atoms with Crippen LogP contribution in [0.5, 0.6) is 0 Å². The molecule has 1 aromatic rings. The summed E-state index contributed by atoms with van der Waals surface area (Å²) in [7, 11) is 0. The zero-order chi connectivity index (χ0) is 7.84. The molecule has 0 aromatic heterocycles. The van der Waals surface area contributed by atoms with E-state index >= 15 is 0 Å². The molecule has 0 nitrogen and oxygen atoms in total. The second kappa shape index (κ2) is 2.53. The van der Waals surface area contributed by atoms with Gasteiger partial charge in [0, 0.05) is 5.02 Å². The van der Waals surface area contributed by atoms with Gasteiger partial charge in [-0.1, -0.05) is 36.7 Å². The van der Waals surface area contributed by atoms with Crippen LogP contribution < -0.4 is 0 Å². The van der Waals surface area contributed by atoms with Crippen molar-refractivity contribution in [1.29, 1.82) is 0 Å². The molecule has 0 aliphatic heterocycles. The van der Waals surface area contributed by atoms with Gasteiger partial charge < -0.3 is 0 Å². The van der Waals surface area contributed by atoms with Crippen molar-refractivity contribution in [3.63, 3.8) is 0 Å². The van der Waals surface area contributed by atoms with Gasteiger partial charge in [0.05, 0.1) is 0 Å². The standard InChI is InChI=1S/C10H11Cl/c1-7-6-9(7)8-4-2-3-5-10(8)11/h2-5,7,9H,6H2,1H3/t7-,9?/m1/s1. The van der Waals surface area contributed by atoms with Crippen LogP contribution in [0, 0.1) is 5.92 Å². The van der Waals surface area contributed by atoms with Crippen molar-refractivity contribution >= 4 is 11.6 Å². The van der Waals surface area contributed by atoms with E-state index in [0.717, 1.165) is 16.9 Å². The second-order valence-corrected chi connectivity index (χ2v) is 3.75. The Hall–Kier alpha value is -0.490. The molecule has 2 rings (SSSR count). The van der Waals surface area contributed by atoms with Gasteiger partial charge in [-0.3, -0.25) is 0 Å². The second-order valence-electron chi connectivity index (χ2n) is 3.34. The average molecular weight is 167 g/mol. The number of hydrogen-bond acceptors (Lipinski definition) is 0. The predicted molar refractivity (Wildman–Crippen MR) is 48.0 cm³/mol. The van der Waals surface area contributed by atoms with Crippen LogP contribution >= 0.6 is 11.6 Å². The fraction of sp³-hybridized carbons (Fsp3) is 0.400. The highest BCUT2D eigenvalue weighted by atomic mass is 35.5. The normalized spacial score (nSPS) is 28.5. The molecule has 1 aromatic carbocycles. The lowest BCUT2D eigenvalue weighted by atomic mass is 10.1. The summed E-state index contributed by atoms with van der Waals surface area (Å²) in [5.74, 6) is 1.58. The summed E-state index contributed by atoms with van der Waals surface area (Å²) in [4.78, 5) is 0. The van der Waals surface area contributed by atoms with Crippen LogP contribution in [0.15, 0.2) is 24.3 Å². The first kappa shape index (κ1) is 7.17. The SMILES string of the molecule is C[C@@H]1CC1c1ccccc1Cl. The largest absolute Gasteiger partial charge is 0.0840 e. The monoisotopic (exact) mass is 166 g/mol. The van der Waals surface area contributed by atoms with Crippen molar-refractivity contribution < 1.29 is 0 Å². The van der Waals surface area contributed by atoms with Crippen molar-refractivity contribution in [2.45, 2.75) is 19.3 Å². The fourth-order valence-corrected chi connectivity index (χ4v) is 1.81. The predicted octanol–water partition coefficient (Wildman–Crippen LogP) is 3.46. The molecule has 1 unspecified atom stereocenters. The molecule has 1 heteroatoms. The summed E-state index contributed by atoms with van der Waals surface area (Å²) in [5.41, 5.74) is 1.33. The topological polar surface area (TPSA) is 0 Å². The Balaban J connectivity index is 2.31. The minimum Gasteiger partial charge on any atom is -0.0840 e. The van der Waals surface area contributed by atoms with Crippen LogP contribution in [0.3, 0.4) is 0 Å². The first-order valence-electron chi connectivity index (χ1n) is 4.03. The maximum atomic E-state index is 6.02. The highest BCUT2D eigenvalue weighted by molar-refractivity contribution is 6.31. The summed E-state index contributed by atoms with van der Waals surface area (Å²) in [6.07, 6.45) is 1.31. The summed E-state index contributed by atoms with van der Waals surface area (Å²) >= 11 is 6.02. The quantitative estimate of drug-likeness (QED) is 0.600. The molecule has 2 atom stereocenters. The molecule has 1 aliphatic carbocycles. The van der Waals surface area contributed by atoms with Crippen LogP contribution in [0.2, 0.25) is 5.02 Å². The van der Waals surface area contributed by atoms with Gasteiger partial charge in [0.2, 0.25) is 0 Å². The van der Waals surface area contributed by atoms with Crippen molar-refractivity contribution in [1.82, 2.24) is 0 Å². The van der Waals surface area contributed by atoms with E-state index in [-0.39, 0.29) is 0 Å². The summed E-state index contributed by atoms with van der Waals surface area (Å²) in [6.45, 7) is 2.27. The lowest BCUT2D eigenvalue weighted by Crippen LogP contribution is -1.81. The molecular formula is C10H11Cl. The summed E-state index contributed by atoms with van der Waals surface area (Å²) in [6, 6.07) is 8.16. The van der Waals surface area contributed by atoms with Gasteiger partial charge in [-0.05, 0) is 29.9 Å². The molecule has 0 N–H and O–H groups in total. The van der Waals surface area contributed by atoms with E-state index in [2.05, 4.69) is 19.1 Å². The summed E-state index contributed by atoms with van der Waals surface area (Å²) in [5, 5.41) is 0.932. The van der Waals surface area contributed by atoms with Gasteiger partial charge in [0.25, 0.3) is 0 Å². The van der Waals surface area contributed by atoms with Crippen LogP contribution in [-0.4, -0.2) is 0 Å². The van der Waals surface area contributed by atoms with Gasteiger partial charge >= 0.3 is 0 Å². The van der Waals surface area contributed by atoms with Crippen molar-refractivity contribution in [2.24, 2.45) is 5.92 Å². The minimum absolute atomic E-state index is 0.740. The van der Waals surface area contributed by atoms with E-state index in [1.54, 1.807) is 0 Å². The van der Waals surface area contributed by atoms with Crippen LogP contribution in [0.1, 0.15) is 24.8 Å². The molecule has 1 aliphatic rings. The number of halogens is 1. The third kappa shape index (κ3) is 1.28. The number of hydrogen-bond donors (Lipinski definition) is 0. The first-order chi connectivity index (χ1) is 5.29. The summed E-state index contributed by atoms with van der Waals surface area (Å²) < 4.78 is 0. The van der Waals surface area contributed by atoms with E-state index in [9.17, 15) is 0 Å². The fourth-order valence-electron chi connectivity index (χ4n) is 1.53. The molecule has 1 fully saturated rings. The lowest BCUT2D eigenvalue weighted by molar-refractivity contribution is 0.915. The molecule has 0 spiro atoms. The highest BCUT2D eigenvalue weighted by Crippen LogP contribution is 2.48. The Morgan fingerprint density at radius 3 is 2.55 bits per heavy atom. The van der Waals surface area contributed by atoms with E-state index in [0.29, 0.717) is 0 Å². The van der Waals surface area contributed by atoms with E-state index < -0.39 is 0 Å². The zero-order valence-electron chi connectivity index (χ0n) is 6.55. The average Bonchev–Trinajstić information content (AvgIpc) is 2.68. The van der Waals surface area contributed by atoms with Crippen molar-refractivity contribution in [2.75, 3.05) is 0 Å². The Morgan fingerprint density at radius 1 is 1.36 bits per heavy atom. The van der Waals surface area contributed by atoms with Gasteiger partial charge in [-0.15, -0.1) is 0 Å². The Bertz CT molecular complexity index is 267. The van der Waals surface area contributed by atoms with Gasteiger partial charge in [-0.2, -0.15) is 0 Å². The van der Waals surface area contributed by atoms with Gasteiger partial charge in [0.1, 0.15) is 0 Å². The lowest BCUT2D eigenvalue weighted by Gasteiger charge is -1.99. The van der Waals surface area contributed by atoms with Crippen LogP contribution in [0.25, 0.3) is 0 Å². The maximum Gasteiger partial charge on any atom is 0.0440 e. The Morgan fingerprint density at radius 2 is 2.00 bits per heavy atom. The highest BCUT2D eigenvalue weighted by Gasteiger charge is 2.34. The minimum atomic E-state index is 0.740. The van der Waals surface area contributed by atoms with Crippen LogP contribution in [0.4, 0.5) is 0 Å². The van der Waals surface area contributed by atoms with Crippen molar-refractivity contribution in [3.05, 3.63) is 34.9 Å². The molecule has 0 bridgehead atoms. The molecule has 0 radical (unpaired) electrons. The van der Waals surface area contributed by atoms with Crippen molar-refractivity contribution in [3.8, 4) is 0 Å². The molecule has 0 saturated heterocycles. The third-order valence-corrected chi connectivity index (χ3v) is 2.76. The van der Waals surface area contributed by atoms with E-state index in [1.807, 2.05) is 12.1 Å². The zero-order valence-corrected chi connectivity index (χ0v) is 7.31. The molecule has 58 valence electrons. The van der Waals surface area contributed by atoms with E-state index in [1.165, 1.54) is 12.0 Å². The van der Waals surface area contributed by atoms with E-state index in [4.69, 9.17) is 11.6 Å². The molecule has 0 amide bonds. The van der Waals surface area contributed by atoms with Crippen LogP contribution in [-0.2, 0) is 0 Å².